The van der Waals surface area contributed by atoms with E-state index in [2.05, 4.69) is 15.2 Å². The van der Waals surface area contributed by atoms with Crippen LogP contribution in [0.15, 0.2) is 58.5 Å². The molecule has 0 radical (unpaired) electrons. The molecule has 0 fully saturated rings. The number of hydrogen-bond donors (Lipinski definition) is 1. The van der Waals surface area contributed by atoms with Gasteiger partial charge in [-0.05, 0) is 36.2 Å². The SMILES string of the molecule is O=C(O)CCc1ccc(Sc2nc3ccccc3n3c(C(F)(F)F)nnc23)cc1. The summed E-state index contributed by atoms with van der Waals surface area (Å²) in [6.07, 6.45) is -4.23. The molecule has 0 saturated heterocycles. The van der Waals surface area contributed by atoms with Crippen molar-refractivity contribution in [3.05, 3.63) is 59.9 Å². The molecule has 0 aliphatic heterocycles. The minimum atomic E-state index is -4.66. The van der Waals surface area contributed by atoms with E-state index >= 15 is 0 Å². The zero-order valence-electron chi connectivity index (χ0n) is 14.7. The first-order valence-corrected chi connectivity index (χ1v) is 9.34. The van der Waals surface area contributed by atoms with Crippen LogP contribution in [-0.4, -0.2) is 30.7 Å². The van der Waals surface area contributed by atoms with Gasteiger partial charge in [0.05, 0.1) is 11.0 Å². The number of carboxylic acids is 1. The molecule has 4 aromatic rings. The molecule has 0 atom stereocenters. The van der Waals surface area contributed by atoms with Gasteiger partial charge in [-0.3, -0.25) is 9.20 Å². The smallest absolute Gasteiger partial charge is 0.452 e. The van der Waals surface area contributed by atoms with Crippen LogP contribution in [0.3, 0.4) is 0 Å². The summed E-state index contributed by atoms with van der Waals surface area (Å²) in [5, 5.41) is 16.2. The maximum absolute atomic E-state index is 13.4. The van der Waals surface area contributed by atoms with Crippen molar-refractivity contribution in [2.45, 2.75) is 28.9 Å². The molecule has 0 aliphatic carbocycles. The van der Waals surface area contributed by atoms with Gasteiger partial charge in [0.2, 0.25) is 5.82 Å². The molecule has 10 heteroatoms. The quantitative estimate of drug-likeness (QED) is 0.515. The van der Waals surface area contributed by atoms with Crippen LogP contribution in [0.1, 0.15) is 17.8 Å². The van der Waals surface area contributed by atoms with Gasteiger partial charge in [-0.25, -0.2) is 4.98 Å². The summed E-state index contributed by atoms with van der Waals surface area (Å²) < 4.78 is 41.2. The van der Waals surface area contributed by atoms with Crippen molar-refractivity contribution in [1.82, 2.24) is 19.6 Å². The number of nitrogens with zero attached hydrogens (tertiary/aromatic N) is 4. The molecule has 4 rings (SSSR count). The second kappa shape index (κ2) is 7.36. The van der Waals surface area contributed by atoms with Crippen molar-refractivity contribution in [3.63, 3.8) is 0 Å². The molecule has 29 heavy (non-hydrogen) atoms. The van der Waals surface area contributed by atoms with Gasteiger partial charge < -0.3 is 5.11 Å². The number of carboxylic acid groups (broad SMARTS) is 1. The average Bonchev–Trinajstić information content (AvgIpc) is 3.14. The molecule has 0 unspecified atom stereocenters. The van der Waals surface area contributed by atoms with E-state index in [9.17, 15) is 18.0 Å². The molecule has 2 aromatic carbocycles. The molecule has 2 heterocycles. The highest BCUT2D eigenvalue weighted by atomic mass is 32.2. The molecule has 0 spiro atoms. The van der Waals surface area contributed by atoms with Crippen LogP contribution in [0.25, 0.3) is 16.7 Å². The highest BCUT2D eigenvalue weighted by molar-refractivity contribution is 7.99. The molecule has 0 aliphatic rings. The maximum Gasteiger partial charge on any atom is 0.452 e. The van der Waals surface area contributed by atoms with E-state index in [4.69, 9.17) is 5.11 Å². The number of benzene rings is 2. The number of aromatic nitrogens is 4. The maximum atomic E-state index is 13.4. The van der Waals surface area contributed by atoms with Gasteiger partial charge in [0.25, 0.3) is 0 Å². The standard InChI is InChI=1S/C19H13F3N4O2S/c20-19(21,22)18-25-24-16-17(23-13-3-1-2-4-14(13)26(16)18)29-12-8-5-11(6-9-12)7-10-15(27)28/h1-6,8-9H,7,10H2,(H,27,28). The Labute approximate surface area is 166 Å². The Bertz CT molecular complexity index is 1210. The molecule has 2 aromatic heterocycles. The van der Waals surface area contributed by atoms with Crippen molar-refractivity contribution in [3.8, 4) is 0 Å². The van der Waals surface area contributed by atoms with Crippen LogP contribution in [0.5, 0.6) is 0 Å². The lowest BCUT2D eigenvalue weighted by Crippen LogP contribution is -2.11. The Morgan fingerprint density at radius 2 is 1.79 bits per heavy atom. The fourth-order valence-electron chi connectivity index (χ4n) is 2.90. The number of carbonyl (C=O) groups is 1. The number of fused-ring (bicyclic) bond motifs is 3. The Morgan fingerprint density at radius 1 is 1.07 bits per heavy atom. The van der Waals surface area contributed by atoms with E-state index in [1.54, 1.807) is 48.5 Å². The first-order chi connectivity index (χ1) is 13.8. The topological polar surface area (TPSA) is 80.4 Å². The number of alkyl halides is 3. The number of halogens is 3. The molecular formula is C19H13F3N4O2S. The van der Waals surface area contributed by atoms with Gasteiger partial charge in [-0.1, -0.05) is 36.0 Å². The van der Waals surface area contributed by atoms with Crippen molar-refractivity contribution in [2.24, 2.45) is 0 Å². The van der Waals surface area contributed by atoms with Gasteiger partial charge in [0, 0.05) is 11.3 Å². The van der Waals surface area contributed by atoms with Crippen molar-refractivity contribution in [2.75, 3.05) is 0 Å². The van der Waals surface area contributed by atoms with Crippen LogP contribution in [0.2, 0.25) is 0 Å². The molecule has 0 bridgehead atoms. The Kier molecular flexibility index (Phi) is 4.87. The predicted molar refractivity (Wildman–Crippen MR) is 99.8 cm³/mol. The van der Waals surface area contributed by atoms with Crippen LogP contribution in [0.4, 0.5) is 13.2 Å². The lowest BCUT2D eigenvalue weighted by Gasteiger charge is -2.10. The fourth-order valence-corrected chi connectivity index (χ4v) is 3.76. The summed E-state index contributed by atoms with van der Waals surface area (Å²) in [6, 6.07) is 13.6. The van der Waals surface area contributed by atoms with Crippen LogP contribution < -0.4 is 0 Å². The summed E-state index contributed by atoms with van der Waals surface area (Å²) in [7, 11) is 0. The molecule has 0 saturated carbocycles. The zero-order chi connectivity index (χ0) is 20.6. The summed E-state index contributed by atoms with van der Waals surface area (Å²) in [4.78, 5) is 15.9. The minimum Gasteiger partial charge on any atom is -0.481 e. The first kappa shape index (κ1) is 19.2. The van der Waals surface area contributed by atoms with E-state index in [0.29, 0.717) is 17.0 Å². The summed E-state index contributed by atoms with van der Waals surface area (Å²) in [5.74, 6) is -1.98. The van der Waals surface area contributed by atoms with E-state index in [-0.39, 0.29) is 17.6 Å². The number of aliphatic carboxylic acids is 1. The van der Waals surface area contributed by atoms with E-state index in [0.717, 1.165) is 14.9 Å². The van der Waals surface area contributed by atoms with E-state index < -0.39 is 18.0 Å². The Balaban J connectivity index is 1.76. The van der Waals surface area contributed by atoms with Gasteiger partial charge in [-0.2, -0.15) is 13.2 Å². The lowest BCUT2D eigenvalue weighted by atomic mass is 10.1. The molecule has 1 N–H and O–H groups in total. The number of para-hydroxylation sites is 2. The predicted octanol–water partition coefficient (Wildman–Crippen LogP) is 4.46. The Morgan fingerprint density at radius 3 is 2.48 bits per heavy atom. The summed E-state index contributed by atoms with van der Waals surface area (Å²) >= 11 is 1.17. The normalized spacial score (nSPS) is 12.0. The van der Waals surface area contributed by atoms with E-state index in [1.165, 1.54) is 11.8 Å². The summed E-state index contributed by atoms with van der Waals surface area (Å²) in [5.41, 5.74) is 1.55. The Hall–Kier alpha value is -3.14. The van der Waals surface area contributed by atoms with Crippen molar-refractivity contribution < 1.29 is 23.1 Å². The molecular weight excluding hydrogens is 405 g/mol. The van der Waals surface area contributed by atoms with Crippen LogP contribution in [0, 0.1) is 0 Å². The summed E-state index contributed by atoms with van der Waals surface area (Å²) in [6.45, 7) is 0. The van der Waals surface area contributed by atoms with Crippen molar-refractivity contribution >= 4 is 34.4 Å². The third-order valence-electron chi connectivity index (χ3n) is 4.22. The monoisotopic (exact) mass is 418 g/mol. The van der Waals surface area contributed by atoms with Gasteiger partial charge in [-0.15, -0.1) is 10.2 Å². The second-order valence-electron chi connectivity index (χ2n) is 6.23. The minimum absolute atomic E-state index is 0.0241. The number of hydrogen-bond acceptors (Lipinski definition) is 5. The average molecular weight is 418 g/mol. The second-order valence-corrected chi connectivity index (χ2v) is 7.29. The highest BCUT2D eigenvalue weighted by Gasteiger charge is 2.38. The fraction of sp³-hybridized carbons (Fsp3) is 0.158. The lowest BCUT2D eigenvalue weighted by molar-refractivity contribution is -0.145. The third-order valence-corrected chi connectivity index (χ3v) is 5.19. The molecule has 6 nitrogen and oxygen atoms in total. The molecule has 0 amide bonds. The highest BCUT2D eigenvalue weighted by Crippen LogP contribution is 2.35. The third kappa shape index (κ3) is 3.88. The van der Waals surface area contributed by atoms with Crippen molar-refractivity contribution in [1.29, 1.82) is 0 Å². The zero-order valence-corrected chi connectivity index (χ0v) is 15.5. The van der Waals surface area contributed by atoms with Gasteiger partial charge >= 0.3 is 12.1 Å². The van der Waals surface area contributed by atoms with E-state index in [1.807, 2.05) is 0 Å². The number of aryl methyl sites for hydroxylation is 1. The largest absolute Gasteiger partial charge is 0.481 e. The number of rotatable bonds is 5. The van der Waals surface area contributed by atoms with Gasteiger partial charge in [0.1, 0.15) is 5.03 Å². The van der Waals surface area contributed by atoms with Crippen LogP contribution >= 0.6 is 11.8 Å². The first-order valence-electron chi connectivity index (χ1n) is 8.52. The van der Waals surface area contributed by atoms with Gasteiger partial charge in [0.15, 0.2) is 5.65 Å². The molecule has 148 valence electrons. The van der Waals surface area contributed by atoms with Crippen LogP contribution in [-0.2, 0) is 17.4 Å².